The lowest BCUT2D eigenvalue weighted by atomic mass is 9.88. The molecule has 1 heterocycles. The quantitative estimate of drug-likeness (QED) is 0.779. The van der Waals surface area contributed by atoms with Crippen molar-refractivity contribution in [2.45, 2.75) is 25.2 Å². The summed E-state index contributed by atoms with van der Waals surface area (Å²) in [5, 5.41) is 0. The molecule has 2 atom stereocenters. The van der Waals surface area contributed by atoms with Gasteiger partial charge in [-0.15, -0.1) is 0 Å². The molecule has 0 spiro atoms. The molecule has 4 rings (SSSR count). The molecule has 0 radical (unpaired) electrons. The van der Waals surface area contributed by atoms with E-state index in [0.29, 0.717) is 31.5 Å². The first-order chi connectivity index (χ1) is 12.6. The van der Waals surface area contributed by atoms with Crippen LogP contribution in [-0.2, 0) is 4.79 Å². The molecule has 2 aromatic rings. The Labute approximate surface area is 152 Å². The van der Waals surface area contributed by atoms with Crippen LogP contribution in [0.1, 0.15) is 41.1 Å². The van der Waals surface area contributed by atoms with Crippen LogP contribution >= 0.6 is 0 Å². The fraction of sp³-hybridized carbons (Fsp3) is 0.364. The molecule has 2 aliphatic rings. The number of likely N-dealkylation sites (tertiary alicyclic amines) is 1. The van der Waals surface area contributed by atoms with Crippen molar-refractivity contribution in [2.75, 3.05) is 13.1 Å². The largest absolute Gasteiger partial charge is 0.342 e. The van der Waals surface area contributed by atoms with Crippen LogP contribution in [0.3, 0.4) is 0 Å². The highest BCUT2D eigenvalue weighted by molar-refractivity contribution is 5.98. The molecule has 0 N–H and O–H groups in total. The number of rotatable bonds is 4. The van der Waals surface area contributed by atoms with Gasteiger partial charge in [0.1, 0.15) is 5.82 Å². The number of hydrogen-bond acceptors (Lipinski definition) is 2. The standard InChI is InChI=1S/C22H22FNO2/c23-20-9-5-4-8-17(20)18-14-19(18)22(26)24-12-10-16(11-13-24)21(25)15-6-2-1-3-7-15/h1-9,16,18-19H,10-14H2. The predicted molar refractivity (Wildman–Crippen MR) is 97.3 cm³/mol. The Bertz CT molecular complexity index is 812. The molecule has 1 aliphatic carbocycles. The summed E-state index contributed by atoms with van der Waals surface area (Å²) in [5.41, 5.74) is 1.40. The SMILES string of the molecule is O=C(c1ccccc1)C1CCN(C(=O)C2CC2c2ccccc2F)CC1. The average molecular weight is 351 g/mol. The fourth-order valence-electron chi connectivity index (χ4n) is 4.02. The topological polar surface area (TPSA) is 37.4 Å². The molecular formula is C22H22FNO2. The van der Waals surface area contributed by atoms with Crippen LogP contribution in [0.4, 0.5) is 4.39 Å². The van der Waals surface area contributed by atoms with Gasteiger partial charge in [-0.3, -0.25) is 9.59 Å². The van der Waals surface area contributed by atoms with E-state index in [4.69, 9.17) is 0 Å². The predicted octanol–water partition coefficient (Wildman–Crippen LogP) is 4.05. The minimum Gasteiger partial charge on any atom is -0.342 e. The number of benzene rings is 2. The Morgan fingerprint density at radius 2 is 1.58 bits per heavy atom. The summed E-state index contributed by atoms with van der Waals surface area (Å²) in [6.45, 7) is 1.23. The van der Waals surface area contributed by atoms with Crippen LogP contribution in [0.15, 0.2) is 54.6 Å². The second-order valence-corrected chi connectivity index (χ2v) is 7.30. The van der Waals surface area contributed by atoms with Crippen LogP contribution in [0.25, 0.3) is 0 Å². The van der Waals surface area contributed by atoms with Gasteiger partial charge in [-0.2, -0.15) is 0 Å². The van der Waals surface area contributed by atoms with Crippen LogP contribution < -0.4 is 0 Å². The van der Waals surface area contributed by atoms with E-state index in [9.17, 15) is 14.0 Å². The summed E-state index contributed by atoms with van der Waals surface area (Å²) in [5.74, 6) is -0.0409. The Morgan fingerprint density at radius 1 is 0.923 bits per heavy atom. The van der Waals surface area contributed by atoms with Crippen molar-refractivity contribution in [1.82, 2.24) is 4.90 Å². The summed E-state index contributed by atoms with van der Waals surface area (Å²) in [6, 6.07) is 16.1. The molecule has 1 saturated carbocycles. The molecule has 2 fully saturated rings. The third-order valence-electron chi connectivity index (χ3n) is 5.65. The zero-order valence-corrected chi connectivity index (χ0v) is 14.6. The van der Waals surface area contributed by atoms with Crippen molar-refractivity contribution < 1.29 is 14.0 Å². The molecule has 0 aromatic heterocycles. The number of amides is 1. The lowest BCUT2D eigenvalue weighted by Crippen LogP contribution is -2.41. The maximum Gasteiger partial charge on any atom is 0.226 e. The van der Waals surface area contributed by atoms with Crippen LogP contribution in [0.2, 0.25) is 0 Å². The van der Waals surface area contributed by atoms with Gasteiger partial charge in [0.2, 0.25) is 5.91 Å². The van der Waals surface area contributed by atoms with Gasteiger partial charge in [0.05, 0.1) is 0 Å². The van der Waals surface area contributed by atoms with E-state index in [1.807, 2.05) is 41.3 Å². The maximum atomic E-state index is 13.9. The second kappa shape index (κ2) is 7.02. The minimum atomic E-state index is -0.222. The molecule has 0 bridgehead atoms. The number of carbonyl (C=O) groups excluding carboxylic acids is 2. The first-order valence-corrected chi connectivity index (χ1v) is 9.27. The third kappa shape index (κ3) is 3.28. The zero-order chi connectivity index (χ0) is 18.1. The lowest BCUT2D eigenvalue weighted by molar-refractivity contribution is -0.133. The smallest absolute Gasteiger partial charge is 0.226 e. The Hall–Kier alpha value is -2.49. The van der Waals surface area contributed by atoms with Gasteiger partial charge in [0, 0.05) is 30.5 Å². The van der Waals surface area contributed by atoms with Crippen molar-refractivity contribution in [3.8, 4) is 0 Å². The average Bonchev–Trinajstić information content (AvgIpc) is 3.48. The van der Waals surface area contributed by atoms with Crippen molar-refractivity contribution in [1.29, 1.82) is 0 Å². The summed E-state index contributed by atoms with van der Waals surface area (Å²) in [7, 11) is 0. The van der Waals surface area contributed by atoms with Gasteiger partial charge in [-0.05, 0) is 36.8 Å². The van der Waals surface area contributed by atoms with Crippen LogP contribution in [0, 0.1) is 17.7 Å². The molecular weight excluding hydrogens is 329 g/mol. The van der Waals surface area contributed by atoms with E-state index in [2.05, 4.69) is 0 Å². The second-order valence-electron chi connectivity index (χ2n) is 7.30. The molecule has 134 valence electrons. The number of hydrogen-bond donors (Lipinski definition) is 0. The van der Waals surface area contributed by atoms with Crippen molar-refractivity contribution in [3.63, 3.8) is 0 Å². The maximum absolute atomic E-state index is 13.9. The fourth-order valence-corrected chi connectivity index (χ4v) is 4.02. The molecule has 4 heteroatoms. The molecule has 2 unspecified atom stereocenters. The molecule has 1 aliphatic heterocycles. The van der Waals surface area contributed by atoms with Gasteiger partial charge in [-0.25, -0.2) is 4.39 Å². The normalized spacial score (nSPS) is 22.9. The van der Waals surface area contributed by atoms with Crippen LogP contribution in [-0.4, -0.2) is 29.7 Å². The van der Waals surface area contributed by atoms with Gasteiger partial charge < -0.3 is 4.90 Å². The van der Waals surface area contributed by atoms with Gasteiger partial charge in [-0.1, -0.05) is 48.5 Å². The number of Topliss-reactive ketones (excluding diaryl/α,β-unsaturated/α-hetero) is 1. The minimum absolute atomic E-state index is 0.00683. The number of ketones is 1. The molecule has 3 nitrogen and oxygen atoms in total. The van der Waals surface area contributed by atoms with Crippen molar-refractivity contribution in [2.24, 2.45) is 11.8 Å². The molecule has 26 heavy (non-hydrogen) atoms. The van der Waals surface area contributed by atoms with E-state index >= 15 is 0 Å². The number of piperidine rings is 1. The molecule has 1 saturated heterocycles. The molecule has 2 aromatic carbocycles. The monoisotopic (exact) mass is 351 g/mol. The van der Waals surface area contributed by atoms with E-state index in [1.54, 1.807) is 12.1 Å². The highest BCUT2D eigenvalue weighted by Gasteiger charge is 2.47. The van der Waals surface area contributed by atoms with E-state index in [0.717, 1.165) is 12.0 Å². The Balaban J connectivity index is 1.33. The number of carbonyl (C=O) groups is 2. The van der Waals surface area contributed by atoms with E-state index in [1.165, 1.54) is 6.07 Å². The van der Waals surface area contributed by atoms with Gasteiger partial charge >= 0.3 is 0 Å². The van der Waals surface area contributed by atoms with E-state index in [-0.39, 0.29) is 35.3 Å². The van der Waals surface area contributed by atoms with Crippen molar-refractivity contribution in [3.05, 3.63) is 71.5 Å². The van der Waals surface area contributed by atoms with E-state index < -0.39 is 0 Å². The zero-order valence-electron chi connectivity index (χ0n) is 14.6. The first-order valence-electron chi connectivity index (χ1n) is 9.27. The number of halogens is 1. The summed E-state index contributed by atoms with van der Waals surface area (Å²) in [4.78, 5) is 27.1. The highest BCUT2D eigenvalue weighted by atomic mass is 19.1. The Morgan fingerprint density at radius 3 is 2.27 bits per heavy atom. The van der Waals surface area contributed by atoms with Crippen molar-refractivity contribution >= 4 is 11.7 Å². The highest BCUT2D eigenvalue weighted by Crippen LogP contribution is 2.49. The summed E-state index contributed by atoms with van der Waals surface area (Å²) < 4.78 is 13.9. The van der Waals surface area contributed by atoms with Crippen LogP contribution in [0.5, 0.6) is 0 Å². The molecule has 1 amide bonds. The lowest BCUT2D eigenvalue weighted by Gasteiger charge is -2.31. The Kier molecular flexibility index (Phi) is 4.58. The van der Waals surface area contributed by atoms with Gasteiger partial charge in [0.15, 0.2) is 5.78 Å². The number of nitrogens with zero attached hydrogens (tertiary/aromatic N) is 1. The summed E-state index contributed by atoms with van der Waals surface area (Å²) >= 11 is 0. The van der Waals surface area contributed by atoms with Gasteiger partial charge in [0.25, 0.3) is 0 Å². The third-order valence-corrected chi connectivity index (χ3v) is 5.65. The first kappa shape index (κ1) is 17.0. The summed E-state index contributed by atoms with van der Waals surface area (Å²) in [6.07, 6.45) is 2.13.